The number of hydrogen-bond acceptors (Lipinski definition) is 5. The van der Waals surface area contributed by atoms with Gasteiger partial charge in [-0.15, -0.1) is 0 Å². The minimum atomic E-state index is -3.86. The van der Waals surface area contributed by atoms with Crippen molar-refractivity contribution in [1.29, 1.82) is 0 Å². The van der Waals surface area contributed by atoms with Crippen LogP contribution in [0.2, 0.25) is 0 Å². The van der Waals surface area contributed by atoms with Crippen molar-refractivity contribution in [2.24, 2.45) is 0 Å². The number of piperazine rings is 1. The van der Waals surface area contributed by atoms with Crippen LogP contribution in [0.5, 0.6) is 5.75 Å². The Morgan fingerprint density at radius 3 is 2.41 bits per heavy atom. The molecule has 1 amide bonds. The lowest BCUT2D eigenvalue weighted by molar-refractivity contribution is -0.116. The van der Waals surface area contributed by atoms with Gasteiger partial charge in [-0.3, -0.25) is 4.79 Å². The fourth-order valence-electron chi connectivity index (χ4n) is 3.21. The van der Waals surface area contributed by atoms with Gasteiger partial charge in [-0.1, -0.05) is 24.3 Å². The fraction of sp³-hybridized carbons (Fsp3) is 0.350. The summed E-state index contributed by atoms with van der Waals surface area (Å²) >= 11 is 0. The SMILES string of the molecule is COc1ccccc1NC(=O)CCN1CCN(S(=O)(=O)c2ccccc2F)CC1. The number of rotatable bonds is 7. The average Bonchev–Trinajstić information content (AvgIpc) is 2.73. The molecular weight excluding hydrogens is 397 g/mol. The molecular formula is C20H24FN3O4S. The number of sulfonamides is 1. The molecule has 1 heterocycles. The van der Waals surface area contributed by atoms with Crippen molar-refractivity contribution < 1.29 is 22.3 Å². The second-order valence-electron chi connectivity index (χ2n) is 6.67. The molecule has 1 aliphatic rings. The highest BCUT2D eigenvalue weighted by Crippen LogP contribution is 2.23. The number of methoxy groups -OCH3 is 1. The van der Waals surface area contributed by atoms with E-state index in [1.54, 1.807) is 19.2 Å². The molecule has 1 N–H and O–H groups in total. The van der Waals surface area contributed by atoms with Gasteiger partial charge in [0.25, 0.3) is 0 Å². The lowest BCUT2D eigenvalue weighted by Crippen LogP contribution is -2.49. The Bertz CT molecular complexity index is 960. The van der Waals surface area contributed by atoms with Gasteiger partial charge in [-0.05, 0) is 24.3 Å². The molecule has 0 unspecified atom stereocenters. The van der Waals surface area contributed by atoms with Gasteiger partial charge >= 0.3 is 0 Å². The van der Waals surface area contributed by atoms with Crippen LogP contribution in [0, 0.1) is 5.82 Å². The number of ether oxygens (including phenoxy) is 1. The highest BCUT2D eigenvalue weighted by molar-refractivity contribution is 7.89. The van der Waals surface area contributed by atoms with Crippen LogP contribution in [0.15, 0.2) is 53.4 Å². The number of amides is 1. The number of nitrogens with one attached hydrogen (secondary N) is 1. The second-order valence-corrected chi connectivity index (χ2v) is 8.58. The van der Waals surface area contributed by atoms with E-state index in [4.69, 9.17) is 4.74 Å². The van der Waals surface area contributed by atoms with E-state index in [0.717, 1.165) is 6.07 Å². The summed E-state index contributed by atoms with van der Waals surface area (Å²) < 4.78 is 45.7. The molecule has 9 heteroatoms. The number of nitrogens with zero attached hydrogens (tertiary/aromatic N) is 2. The molecule has 2 aromatic rings. The number of carbonyl (C=O) groups excluding carboxylic acids is 1. The molecule has 0 saturated carbocycles. The Morgan fingerprint density at radius 1 is 1.07 bits per heavy atom. The zero-order chi connectivity index (χ0) is 20.9. The third-order valence-electron chi connectivity index (χ3n) is 4.82. The molecule has 2 aromatic carbocycles. The summed E-state index contributed by atoms with van der Waals surface area (Å²) in [5.41, 5.74) is 0.612. The normalized spacial score (nSPS) is 15.8. The van der Waals surface area contributed by atoms with E-state index in [2.05, 4.69) is 5.32 Å². The van der Waals surface area contributed by atoms with E-state index in [1.165, 1.54) is 22.5 Å². The third-order valence-corrected chi connectivity index (χ3v) is 6.75. The minimum absolute atomic E-state index is 0.143. The summed E-state index contributed by atoms with van der Waals surface area (Å²) in [4.78, 5) is 13.9. The number of carbonyl (C=O) groups is 1. The molecule has 1 aliphatic heterocycles. The summed E-state index contributed by atoms with van der Waals surface area (Å²) in [5.74, 6) is -0.299. The zero-order valence-corrected chi connectivity index (χ0v) is 17.0. The van der Waals surface area contributed by atoms with E-state index in [9.17, 15) is 17.6 Å². The molecule has 3 rings (SSSR count). The monoisotopic (exact) mass is 421 g/mol. The van der Waals surface area contributed by atoms with Gasteiger partial charge in [0.1, 0.15) is 16.5 Å². The first-order chi connectivity index (χ1) is 13.9. The van der Waals surface area contributed by atoms with Gasteiger partial charge in [0.15, 0.2) is 0 Å². The number of halogens is 1. The molecule has 0 atom stereocenters. The lowest BCUT2D eigenvalue weighted by Gasteiger charge is -2.33. The smallest absolute Gasteiger partial charge is 0.246 e. The highest BCUT2D eigenvalue weighted by atomic mass is 32.2. The molecule has 0 radical (unpaired) electrons. The van der Waals surface area contributed by atoms with Crippen molar-refractivity contribution in [3.05, 3.63) is 54.3 Å². The summed E-state index contributed by atoms with van der Waals surface area (Å²) in [5, 5.41) is 2.82. The van der Waals surface area contributed by atoms with E-state index in [1.807, 2.05) is 17.0 Å². The van der Waals surface area contributed by atoms with Crippen molar-refractivity contribution in [2.45, 2.75) is 11.3 Å². The van der Waals surface area contributed by atoms with E-state index >= 15 is 0 Å². The Kier molecular flexibility index (Phi) is 6.83. The molecule has 0 aromatic heterocycles. The van der Waals surface area contributed by atoms with Crippen LogP contribution in [0.25, 0.3) is 0 Å². The largest absolute Gasteiger partial charge is 0.495 e. The van der Waals surface area contributed by atoms with Crippen molar-refractivity contribution in [3.63, 3.8) is 0 Å². The van der Waals surface area contributed by atoms with Gasteiger partial charge in [-0.25, -0.2) is 12.8 Å². The molecule has 1 fully saturated rings. The summed E-state index contributed by atoms with van der Waals surface area (Å²) in [6, 6.07) is 12.6. The first-order valence-electron chi connectivity index (χ1n) is 9.31. The van der Waals surface area contributed by atoms with Crippen LogP contribution in [0.4, 0.5) is 10.1 Å². The zero-order valence-electron chi connectivity index (χ0n) is 16.2. The van der Waals surface area contributed by atoms with Crippen LogP contribution in [0.3, 0.4) is 0 Å². The van der Waals surface area contributed by atoms with Crippen LogP contribution in [0.1, 0.15) is 6.42 Å². The number of benzene rings is 2. The highest BCUT2D eigenvalue weighted by Gasteiger charge is 2.30. The molecule has 29 heavy (non-hydrogen) atoms. The molecule has 7 nitrogen and oxygen atoms in total. The number of para-hydroxylation sites is 2. The lowest BCUT2D eigenvalue weighted by atomic mass is 10.2. The molecule has 156 valence electrons. The van der Waals surface area contributed by atoms with Crippen LogP contribution < -0.4 is 10.1 Å². The van der Waals surface area contributed by atoms with E-state index in [-0.39, 0.29) is 30.3 Å². The first-order valence-corrected chi connectivity index (χ1v) is 10.8. The van der Waals surface area contributed by atoms with E-state index in [0.29, 0.717) is 31.1 Å². The second kappa shape index (κ2) is 9.34. The number of anilines is 1. The Morgan fingerprint density at radius 2 is 1.72 bits per heavy atom. The number of hydrogen-bond donors (Lipinski definition) is 1. The predicted octanol–water partition coefficient (Wildman–Crippen LogP) is 2.17. The van der Waals surface area contributed by atoms with Gasteiger partial charge in [0.05, 0.1) is 12.8 Å². The minimum Gasteiger partial charge on any atom is -0.495 e. The van der Waals surface area contributed by atoms with E-state index < -0.39 is 15.8 Å². The maximum absolute atomic E-state index is 13.9. The summed E-state index contributed by atoms with van der Waals surface area (Å²) in [6.07, 6.45) is 0.276. The first kappa shape index (κ1) is 21.2. The molecule has 1 saturated heterocycles. The van der Waals surface area contributed by atoms with Gasteiger partial charge in [-0.2, -0.15) is 4.31 Å². The maximum atomic E-state index is 13.9. The van der Waals surface area contributed by atoms with Crippen LogP contribution in [-0.2, 0) is 14.8 Å². The summed E-state index contributed by atoms with van der Waals surface area (Å²) in [7, 11) is -2.32. The van der Waals surface area contributed by atoms with Gasteiger partial charge in [0.2, 0.25) is 15.9 Å². The van der Waals surface area contributed by atoms with Crippen molar-refractivity contribution in [3.8, 4) is 5.75 Å². The summed E-state index contributed by atoms with van der Waals surface area (Å²) in [6.45, 7) is 1.98. The van der Waals surface area contributed by atoms with Crippen LogP contribution >= 0.6 is 0 Å². The Labute approximate surface area is 170 Å². The topological polar surface area (TPSA) is 79.0 Å². The molecule has 0 aliphatic carbocycles. The van der Waals surface area contributed by atoms with Gasteiger partial charge < -0.3 is 15.0 Å². The third kappa shape index (κ3) is 5.11. The predicted molar refractivity (Wildman–Crippen MR) is 108 cm³/mol. The average molecular weight is 421 g/mol. The van der Waals surface area contributed by atoms with Crippen molar-refractivity contribution in [2.75, 3.05) is 45.2 Å². The Hall–Kier alpha value is -2.49. The van der Waals surface area contributed by atoms with Crippen molar-refractivity contribution >= 4 is 21.6 Å². The standard InChI is InChI=1S/C20H24FN3O4S/c1-28-18-8-4-3-7-17(18)22-20(25)10-11-23-12-14-24(15-13-23)29(26,27)19-9-5-2-6-16(19)21/h2-9H,10-15H2,1H3,(H,22,25). The van der Waals surface area contributed by atoms with Crippen LogP contribution in [-0.4, -0.2) is 63.4 Å². The molecule has 0 spiro atoms. The molecule has 0 bridgehead atoms. The maximum Gasteiger partial charge on any atom is 0.246 e. The van der Waals surface area contributed by atoms with Crippen molar-refractivity contribution in [1.82, 2.24) is 9.21 Å². The fourth-order valence-corrected chi connectivity index (χ4v) is 4.69. The van der Waals surface area contributed by atoms with Gasteiger partial charge in [0, 0.05) is 39.1 Å². The Balaban J connectivity index is 1.50. The quantitative estimate of drug-likeness (QED) is 0.741.